The zero-order valence-electron chi connectivity index (χ0n) is 13.8. The number of aromatic amines is 1. The van der Waals surface area contributed by atoms with Crippen molar-refractivity contribution in [3.63, 3.8) is 0 Å². The van der Waals surface area contributed by atoms with Crippen molar-refractivity contribution in [2.75, 3.05) is 0 Å². The van der Waals surface area contributed by atoms with Crippen molar-refractivity contribution in [1.82, 2.24) is 15.0 Å². The van der Waals surface area contributed by atoms with Crippen LogP contribution < -0.4 is 4.74 Å². The molecule has 3 rings (SSSR count). The van der Waals surface area contributed by atoms with Gasteiger partial charge in [0, 0.05) is 10.6 Å². The number of hydrogen-bond donors (Lipinski definition) is 1. The van der Waals surface area contributed by atoms with Crippen LogP contribution in [0.3, 0.4) is 0 Å². The van der Waals surface area contributed by atoms with Crippen molar-refractivity contribution in [2.45, 2.75) is 40.2 Å². The second kappa shape index (κ2) is 6.20. The van der Waals surface area contributed by atoms with Gasteiger partial charge in [-0.1, -0.05) is 30.7 Å². The molecule has 0 saturated carbocycles. The molecule has 0 amide bonds. The standard InChI is InChI=1S/C18H20ClN3O/c1-5-14-15(12-6-8-13(19)9-7-12)22-16-17(23-10(2)3)11(4)20-18(16)21-14/h6-10H,5H2,1-4H3,(H,20,21). The van der Waals surface area contributed by atoms with Gasteiger partial charge in [0.1, 0.15) is 0 Å². The van der Waals surface area contributed by atoms with Crippen molar-refractivity contribution in [2.24, 2.45) is 0 Å². The first-order chi connectivity index (χ1) is 11.0. The lowest BCUT2D eigenvalue weighted by atomic mass is 10.1. The van der Waals surface area contributed by atoms with E-state index in [9.17, 15) is 0 Å². The maximum atomic E-state index is 5.99. The maximum Gasteiger partial charge on any atom is 0.168 e. The Balaban J connectivity index is 2.22. The summed E-state index contributed by atoms with van der Waals surface area (Å²) in [5, 5.41) is 0.710. The van der Waals surface area contributed by atoms with E-state index in [0.29, 0.717) is 5.02 Å². The highest BCUT2D eigenvalue weighted by Gasteiger charge is 2.17. The summed E-state index contributed by atoms with van der Waals surface area (Å²) in [7, 11) is 0. The van der Waals surface area contributed by atoms with E-state index >= 15 is 0 Å². The molecule has 0 saturated heterocycles. The number of nitrogens with zero attached hydrogens (tertiary/aromatic N) is 2. The fourth-order valence-electron chi connectivity index (χ4n) is 2.59. The number of H-pyrrole nitrogens is 1. The van der Waals surface area contributed by atoms with Crippen LogP contribution >= 0.6 is 11.6 Å². The Morgan fingerprint density at radius 3 is 2.48 bits per heavy atom. The van der Waals surface area contributed by atoms with Gasteiger partial charge in [0.15, 0.2) is 16.9 Å². The van der Waals surface area contributed by atoms with E-state index in [1.807, 2.05) is 45.0 Å². The van der Waals surface area contributed by atoms with Crippen LogP contribution in [0.5, 0.6) is 5.75 Å². The van der Waals surface area contributed by atoms with Crippen molar-refractivity contribution >= 4 is 22.8 Å². The molecule has 2 heterocycles. The Bertz CT molecular complexity index is 838. The minimum atomic E-state index is 0.0827. The minimum Gasteiger partial charge on any atom is -0.487 e. The third-order valence-corrected chi connectivity index (χ3v) is 3.89. The van der Waals surface area contributed by atoms with Gasteiger partial charge in [-0.25, -0.2) is 9.97 Å². The molecular formula is C18H20ClN3O. The zero-order valence-corrected chi connectivity index (χ0v) is 14.5. The molecule has 4 nitrogen and oxygen atoms in total. The van der Waals surface area contributed by atoms with Crippen LogP contribution in [0.25, 0.3) is 22.4 Å². The SMILES string of the molecule is CCc1nc2[nH]c(C)c(OC(C)C)c2nc1-c1ccc(Cl)cc1. The molecular weight excluding hydrogens is 310 g/mol. The monoisotopic (exact) mass is 329 g/mol. The molecule has 2 aromatic heterocycles. The number of hydrogen-bond acceptors (Lipinski definition) is 3. The zero-order chi connectivity index (χ0) is 16.6. The first-order valence-electron chi connectivity index (χ1n) is 7.81. The Hall–Kier alpha value is -2.07. The number of rotatable bonds is 4. The third-order valence-electron chi connectivity index (χ3n) is 3.64. The molecule has 120 valence electrons. The summed E-state index contributed by atoms with van der Waals surface area (Å²) in [5.74, 6) is 0.778. The first-order valence-corrected chi connectivity index (χ1v) is 8.19. The van der Waals surface area contributed by atoms with Crippen molar-refractivity contribution in [3.05, 3.63) is 40.7 Å². The second-order valence-electron chi connectivity index (χ2n) is 5.82. The molecule has 0 bridgehead atoms. The van der Waals surface area contributed by atoms with E-state index in [0.717, 1.165) is 46.0 Å². The molecule has 0 aliphatic rings. The van der Waals surface area contributed by atoms with E-state index in [1.54, 1.807) is 0 Å². The quantitative estimate of drug-likeness (QED) is 0.737. The number of halogens is 1. The largest absolute Gasteiger partial charge is 0.487 e. The average Bonchev–Trinajstić information content (AvgIpc) is 2.81. The van der Waals surface area contributed by atoms with Crippen LogP contribution in [0.2, 0.25) is 5.02 Å². The number of benzene rings is 1. The summed E-state index contributed by atoms with van der Waals surface area (Å²) in [4.78, 5) is 12.9. The van der Waals surface area contributed by atoms with E-state index in [1.165, 1.54) is 0 Å². The Labute approximate surface area is 140 Å². The molecule has 0 unspecified atom stereocenters. The van der Waals surface area contributed by atoms with Gasteiger partial charge in [0.25, 0.3) is 0 Å². The Kier molecular flexibility index (Phi) is 4.26. The lowest BCUT2D eigenvalue weighted by Gasteiger charge is -2.10. The average molecular weight is 330 g/mol. The summed E-state index contributed by atoms with van der Waals surface area (Å²) in [6.07, 6.45) is 0.888. The van der Waals surface area contributed by atoms with Crippen molar-refractivity contribution < 1.29 is 4.74 Å². The van der Waals surface area contributed by atoms with Crippen LogP contribution in [-0.2, 0) is 6.42 Å². The highest BCUT2D eigenvalue weighted by molar-refractivity contribution is 6.30. The van der Waals surface area contributed by atoms with Crippen LogP contribution in [0.4, 0.5) is 0 Å². The molecule has 0 radical (unpaired) electrons. The third kappa shape index (κ3) is 3.04. The van der Waals surface area contributed by atoms with E-state index in [4.69, 9.17) is 26.3 Å². The van der Waals surface area contributed by atoms with Gasteiger partial charge < -0.3 is 9.72 Å². The van der Waals surface area contributed by atoms with Gasteiger partial charge in [-0.3, -0.25) is 0 Å². The molecule has 5 heteroatoms. The maximum absolute atomic E-state index is 5.99. The van der Waals surface area contributed by atoms with E-state index < -0.39 is 0 Å². The summed E-state index contributed by atoms with van der Waals surface area (Å²) >= 11 is 5.99. The van der Waals surface area contributed by atoms with Crippen LogP contribution in [0.15, 0.2) is 24.3 Å². The number of ether oxygens (including phenoxy) is 1. The fraction of sp³-hybridized carbons (Fsp3) is 0.333. The molecule has 0 atom stereocenters. The molecule has 1 N–H and O–H groups in total. The topological polar surface area (TPSA) is 50.8 Å². The number of aryl methyl sites for hydroxylation is 2. The predicted octanol–water partition coefficient (Wildman–Crippen LogP) is 4.94. The van der Waals surface area contributed by atoms with E-state index in [2.05, 4.69) is 11.9 Å². The molecule has 1 aromatic carbocycles. The predicted molar refractivity (Wildman–Crippen MR) is 94.2 cm³/mol. The minimum absolute atomic E-state index is 0.0827. The Morgan fingerprint density at radius 1 is 1.17 bits per heavy atom. The normalized spacial score (nSPS) is 11.4. The van der Waals surface area contributed by atoms with Gasteiger partial charge in [0.05, 0.1) is 23.2 Å². The van der Waals surface area contributed by atoms with Gasteiger partial charge in [0.2, 0.25) is 0 Å². The van der Waals surface area contributed by atoms with Crippen LogP contribution in [-0.4, -0.2) is 21.1 Å². The van der Waals surface area contributed by atoms with E-state index in [-0.39, 0.29) is 6.10 Å². The van der Waals surface area contributed by atoms with Gasteiger partial charge in [-0.2, -0.15) is 0 Å². The Morgan fingerprint density at radius 2 is 1.87 bits per heavy atom. The summed E-state index contributed by atoms with van der Waals surface area (Å²) < 4.78 is 5.93. The lowest BCUT2D eigenvalue weighted by Crippen LogP contribution is -2.06. The molecule has 0 fully saturated rings. The van der Waals surface area contributed by atoms with Crippen LogP contribution in [0.1, 0.15) is 32.2 Å². The lowest BCUT2D eigenvalue weighted by molar-refractivity contribution is 0.243. The second-order valence-corrected chi connectivity index (χ2v) is 6.26. The summed E-state index contributed by atoms with van der Waals surface area (Å²) in [6.45, 7) is 8.07. The number of nitrogens with one attached hydrogen (secondary N) is 1. The molecule has 3 aromatic rings. The molecule has 0 aliphatic heterocycles. The molecule has 0 spiro atoms. The van der Waals surface area contributed by atoms with Crippen LogP contribution in [0, 0.1) is 6.92 Å². The highest BCUT2D eigenvalue weighted by atomic mass is 35.5. The van der Waals surface area contributed by atoms with Crippen molar-refractivity contribution in [3.8, 4) is 17.0 Å². The smallest absolute Gasteiger partial charge is 0.168 e. The molecule has 23 heavy (non-hydrogen) atoms. The summed E-state index contributed by atoms with van der Waals surface area (Å²) in [5.41, 5.74) is 5.34. The molecule has 0 aliphatic carbocycles. The number of fused-ring (bicyclic) bond motifs is 1. The van der Waals surface area contributed by atoms with Crippen molar-refractivity contribution in [1.29, 1.82) is 0 Å². The first kappa shape index (κ1) is 15.8. The summed E-state index contributed by atoms with van der Waals surface area (Å²) in [6, 6.07) is 7.69. The number of aromatic nitrogens is 3. The van der Waals surface area contributed by atoms with Gasteiger partial charge in [-0.15, -0.1) is 0 Å². The van der Waals surface area contributed by atoms with Gasteiger partial charge >= 0.3 is 0 Å². The van der Waals surface area contributed by atoms with Gasteiger partial charge in [-0.05, 0) is 39.3 Å². The fourth-order valence-corrected chi connectivity index (χ4v) is 2.72. The highest BCUT2D eigenvalue weighted by Crippen LogP contribution is 2.32.